The third kappa shape index (κ3) is 2.59. The standard InChI is InChI=1S/C25H22O2/c1-2-24(26)25-21(13-14-27-25)18-8-10-20-17(15-18)9-12-22-19-6-4-3-5-16(19)7-11-23(20)22/h3-7,9,11-14,18H,2,8,10,15H2,1H3/t18-/m0/s1. The molecule has 2 heteroatoms. The lowest BCUT2D eigenvalue weighted by Gasteiger charge is -2.26. The molecule has 0 spiro atoms. The Bertz CT molecular complexity index is 1170. The fraction of sp³-hybridized carbons (Fsp3) is 0.240. The second-order valence-corrected chi connectivity index (χ2v) is 7.51. The summed E-state index contributed by atoms with van der Waals surface area (Å²) >= 11 is 0. The van der Waals surface area contributed by atoms with Gasteiger partial charge in [0.25, 0.3) is 0 Å². The molecule has 3 aromatic carbocycles. The summed E-state index contributed by atoms with van der Waals surface area (Å²) < 4.78 is 5.53. The Labute approximate surface area is 158 Å². The van der Waals surface area contributed by atoms with Crippen molar-refractivity contribution in [2.75, 3.05) is 0 Å². The third-order valence-electron chi connectivity index (χ3n) is 6.05. The molecule has 0 unspecified atom stereocenters. The monoisotopic (exact) mass is 354 g/mol. The predicted octanol–water partition coefficient (Wildman–Crippen LogP) is 6.45. The van der Waals surface area contributed by atoms with E-state index in [9.17, 15) is 4.79 Å². The van der Waals surface area contributed by atoms with Gasteiger partial charge >= 0.3 is 0 Å². The zero-order valence-corrected chi connectivity index (χ0v) is 15.5. The number of carbonyl (C=O) groups is 1. The molecule has 1 aliphatic rings. The van der Waals surface area contributed by atoms with Gasteiger partial charge in [-0.2, -0.15) is 0 Å². The van der Waals surface area contributed by atoms with Crippen molar-refractivity contribution in [2.45, 2.75) is 38.5 Å². The molecule has 0 radical (unpaired) electrons. The van der Waals surface area contributed by atoms with Gasteiger partial charge in [0.1, 0.15) is 0 Å². The number of Topliss-reactive ketones (excluding diaryl/α,β-unsaturated/α-hetero) is 1. The molecule has 0 fully saturated rings. The lowest BCUT2D eigenvalue weighted by Crippen LogP contribution is -2.15. The van der Waals surface area contributed by atoms with E-state index < -0.39 is 0 Å². The summed E-state index contributed by atoms with van der Waals surface area (Å²) in [5.41, 5.74) is 3.97. The van der Waals surface area contributed by atoms with Crippen LogP contribution < -0.4 is 0 Å². The van der Waals surface area contributed by atoms with Crippen LogP contribution in [0.4, 0.5) is 0 Å². The van der Waals surface area contributed by atoms with Gasteiger partial charge < -0.3 is 4.42 Å². The van der Waals surface area contributed by atoms with Crippen LogP contribution in [0.5, 0.6) is 0 Å². The zero-order chi connectivity index (χ0) is 18.4. The number of ketones is 1. The van der Waals surface area contributed by atoms with Crippen LogP contribution in [0.15, 0.2) is 65.3 Å². The van der Waals surface area contributed by atoms with E-state index >= 15 is 0 Å². The molecule has 5 rings (SSSR count). The van der Waals surface area contributed by atoms with Crippen LogP contribution in [0.2, 0.25) is 0 Å². The lowest BCUT2D eigenvalue weighted by atomic mass is 9.78. The van der Waals surface area contributed by atoms with Crippen molar-refractivity contribution in [1.29, 1.82) is 0 Å². The maximum absolute atomic E-state index is 12.2. The molecular formula is C25H22O2. The average molecular weight is 354 g/mol. The largest absolute Gasteiger partial charge is 0.461 e. The molecule has 4 aromatic rings. The number of hydrogen-bond donors (Lipinski definition) is 0. The van der Waals surface area contributed by atoms with E-state index in [0.717, 1.165) is 24.8 Å². The Kier molecular flexibility index (Phi) is 3.86. The van der Waals surface area contributed by atoms with E-state index in [1.807, 2.05) is 13.0 Å². The smallest absolute Gasteiger partial charge is 0.198 e. The van der Waals surface area contributed by atoms with Gasteiger partial charge in [-0.15, -0.1) is 0 Å². The van der Waals surface area contributed by atoms with Crippen LogP contribution in [-0.4, -0.2) is 5.78 Å². The van der Waals surface area contributed by atoms with E-state index in [1.165, 1.54) is 32.7 Å². The maximum Gasteiger partial charge on any atom is 0.198 e. The number of fused-ring (bicyclic) bond motifs is 5. The molecular weight excluding hydrogens is 332 g/mol. The minimum atomic E-state index is 0.103. The molecule has 1 aliphatic carbocycles. The van der Waals surface area contributed by atoms with E-state index in [0.29, 0.717) is 18.1 Å². The Balaban J connectivity index is 1.57. The first-order valence-electron chi connectivity index (χ1n) is 9.79. The van der Waals surface area contributed by atoms with Crippen LogP contribution >= 0.6 is 0 Å². The highest BCUT2D eigenvalue weighted by molar-refractivity contribution is 6.08. The first-order valence-corrected chi connectivity index (χ1v) is 9.79. The molecule has 1 aromatic heterocycles. The quantitative estimate of drug-likeness (QED) is 0.312. The van der Waals surface area contributed by atoms with Crippen LogP contribution in [0.3, 0.4) is 0 Å². The maximum atomic E-state index is 12.2. The van der Waals surface area contributed by atoms with Crippen molar-refractivity contribution in [3.8, 4) is 0 Å². The third-order valence-corrected chi connectivity index (χ3v) is 6.05. The minimum absolute atomic E-state index is 0.103. The number of rotatable bonds is 3. The first kappa shape index (κ1) is 16.3. The average Bonchev–Trinajstić information content (AvgIpc) is 3.22. The highest BCUT2D eigenvalue weighted by atomic mass is 16.3. The molecule has 0 N–H and O–H groups in total. The topological polar surface area (TPSA) is 30.2 Å². The van der Waals surface area contributed by atoms with Crippen molar-refractivity contribution in [3.05, 3.63) is 83.3 Å². The fourth-order valence-corrected chi connectivity index (χ4v) is 4.66. The predicted molar refractivity (Wildman–Crippen MR) is 110 cm³/mol. The molecule has 1 heterocycles. The second kappa shape index (κ2) is 6.38. The normalized spacial score (nSPS) is 16.6. The van der Waals surface area contributed by atoms with Crippen molar-refractivity contribution >= 4 is 27.3 Å². The van der Waals surface area contributed by atoms with Gasteiger partial charge in [-0.3, -0.25) is 4.79 Å². The highest BCUT2D eigenvalue weighted by Gasteiger charge is 2.26. The summed E-state index contributed by atoms with van der Waals surface area (Å²) in [6.45, 7) is 1.89. The van der Waals surface area contributed by atoms with Crippen LogP contribution in [0, 0.1) is 0 Å². The lowest BCUT2D eigenvalue weighted by molar-refractivity contribution is 0.0959. The summed E-state index contributed by atoms with van der Waals surface area (Å²) in [6.07, 6.45) is 5.23. The zero-order valence-electron chi connectivity index (χ0n) is 15.5. The van der Waals surface area contributed by atoms with Crippen molar-refractivity contribution in [3.63, 3.8) is 0 Å². The highest BCUT2D eigenvalue weighted by Crippen LogP contribution is 2.39. The van der Waals surface area contributed by atoms with Crippen LogP contribution in [0.25, 0.3) is 21.5 Å². The molecule has 0 bridgehead atoms. The molecule has 0 saturated carbocycles. The molecule has 134 valence electrons. The number of hydrogen-bond acceptors (Lipinski definition) is 2. The second-order valence-electron chi connectivity index (χ2n) is 7.51. The number of furan rings is 1. The van der Waals surface area contributed by atoms with Crippen LogP contribution in [-0.2, 0) is 12.8 Å². The first-order chi connectivity index (χ1) is 13.3. The molecule has 1 atom stereocenters. The summed E-state index contributed by atoms with van der Waals surface area (Å²) in [6, 6.07) is 19.7. The molecule has 0 amide bonds. The minimum Gasteiger partial charge on any atom is -0.461 e. The van der Waals surface area contributed by atoms with Crippen molar-refractivity contribution in [2.24, 2.45) is 0 Å². The summed E-state index contributed by atoms with van der Waals surface area (Å²) in [5.74, 6) is 1.03. The van der Waals surface area contributed by atoms with Crippen LogP contribution in [0.1, 0.15) is 52.9 Å². The molecule has 27 heavy (non-hydrogen) atoms. The van der Waals surface area contributed by atoms with E-state index in [1.54, 1.807) is 6.26 Å². The van der Waals surface area contributed by atoms with E-state index in [4.69, 9.17) is 4.42 Å². The van der Waals surface area contributed by atoms with E-state index in [2.05, 4.69) is 48.5 Å². The Morgan fingerprint density at radius 1 is 1.00 bits per heavy atom. The van der Waals surface area contributed by atoms with Crippen molar-refractivity contribution in [1.82, 2.24) is 0 Å². The number of aryl methyl sites for hydroxylation is 1. The summed E-state index contributed by atoms with van der Waals surface area (Å²) in [5, 5.41) is 5.34. The molecule has 2 nitrogen and oxygen atoms in total. The van der Waals surface area contributed by atoms with Gasteiger partial charge in [0, 0.05) is 12.0 Å². The Hall–Kier alpha value is -2.87. The Morgan fingerprint density at radius 2 is 1.85 bits per heavy atom. The molecule has 0 aliphatic heterocycles. The van der Waals surface area contributed by atoms with Gasteiger partial charge in [0.2, 0.25) is 0 Å². The van der Waals surface area contributed by atoms with Gasteiger partial charge in [-0.1, -0.05) is 55.5 Å². The van der Waals surface area contributed by atoms with E-state index in [-0.39, 0.29) is 5.78 Å². The fourth-order valence-electron chi connectivity index (χ4n) is 4.66. The SMILES string of the molecule is CCC(=O)c1occc1[C@H]1CCc2c(ccc3c2ccc2ccccc23)C1. The number of carbonyl (C=O) groups excluding carboxylic acids is 1. The van der Waals surface area contributed by atoms with Crippen molar-refractivity contribution < 1.29 is 9.21 Å². The van der Waals surface area contributed by atoms with Gasteiger partial charge in [0.05, 0.1) is 6.26 Å². The summed E-state index contributed by atoms with van der Waals surface area (Å²) in [4.78, 5) is 12.2. The van der Waals surface area contributed by atoms with Gasteiger partial charge in [0.15, 0.2) is 11.5 Å². The number of benzene rings is 3. The Morgan fingerprint density at radius 3 is 2.74 bits per heavy atom. The molecule has 0 saturated heterocycles. The summed E-state index contributed by atoms with van der Waals surface area (Å²) in [7, 11) is 0. The van der Waals surface area contributed by atoms with Gasteiger partial charge in [-0.25, -0.2) is 0 Å². The van der Waals surface area contributed by atoms with Gasteiger partial charge in [-0.05, 0) is 63.9 Å².